The number of hydrogen-bond donors (Lipinski definition) is 2. The monoisotopic (exact) mass is 466 g/mol. The second kappa shape index (κ2) is 9.75. The first-order chi connectivity index (χ1) is 15.5. The summed E-state index contributed by atoms with van der Waals surface area (Å²) in [6.07, 6.45) is 0. The summed E-state index contributed by atoms with van der Waals surface area (Å²) in [6.45, 7) is 11.4. The highest BCUT2D eigenvalue weighted by molar-refractivity contribution is 7.17. The van der Waals surface area contributed by atoms with E-state index in [0.29, 0.717) is 28.8 Å². The van der Waals surface area contributed by atoms with E-state index in [0.717, 1.165) is 21.7 Å². The molecule has 0 aliphatic carbocycles. The van der Waals surface area contributed by atoms with Gasteiger partial charge >= 0.3 is 5.97 Å². The Morgan fingerprint density at radius 1 is 1.12 bits per heavy atom. The highest BCUT2D eigenvalue weighted by Crippen LogP contribution is 2.29. The molecule has 1 heterocycles. The molecule has 0 saturated heterocycles. The van der Waals surface area contributed by atoms with Crippen molar-refractivity contribution in [2.75, 3.05) is 0 Å². The summed E-state index contributed by atoms with van der Waals surface area (Å²) in [5.74, 6) is -0.233. The number of aryl methyl sites for hydroxylation is 2. The lowest BCUT2D eigenvalue weighted by Crippen LogP contribution is -2.38. The Kier molecular flexibility index (Phi) is 7.22. The third-order valence-electron chi connectivity index (χ3n) is 5.40. The van der Waals surface area contributed by atoms with Gasteiger partial charge in [0, 0.05) is 12.1 Å². The van der Waals surface area contributed by atoms with Crippen LogP contribution in [0.4, 0.5) is 0 Å². The van der Waals surface area contributed by atoms with Crippen LogP contribution in [0.3, 0.4) is 0 Å². The van der Waals surface area contributed by atoms with Crippen LogP contribution in [0.2, 0.25) is 0 Å². The molecule has 1 aromatic heterocycles. The molecular formula is C26H30N2O4S. The Bertz CT molecular complexity index is 1160. The second-order valence-corrected chi connectivity index (χ2v) is 9.91. The summed E-state index contributed by atoms with van der Waals surface area (Å²) in [5.41, 5.74) is 3.35. The van der Waals surface area contributed by atoms with Gasteiger partial charge in [-0.05, 0) is 56.4 Å². The standard InChI is InChI=1S/C26H30N2O4S/c1-15(2)19-8-10-20(11-9-19)24-28-17(4)22(33-24)23(29)27-14-18-7-12-21(16(3)13-18)32-26(5,6)25(30)31/h7-13,15H,14H2,1-6H3,(H,27,29)(H,30,31). The zero-order valence-corrected chi connectivity index (χ0v) is 20.7. The Balaban J connectivity index is 1.67. The predicted octanol–water partition coefficient (Wildman–Crippen LogP) is 5.72. The van der Waals surface area contributed by atoms with Crippen LogP contribution in [0.15, 0.2) is 42.5 Å². The molecule has 6 nitrogen and oxygen atoms in total. The number of hydrogen-bond acceptors (Lipinski definition) is 5. The average Bonchev–Trinajstić information content (AvgIpc) is 3.15. The first-order valence-corrected chi connectivity index (χ1v) is 11.7. The zero-order chi connectivity index (χ0) is 24.3. The van der Waals surface area contributed by atoms with Gasteiger partial charge < -0.3 is 15.2 Å². The van der Waals surface area contributed by atoms with Crippen molar-refractivity contribution in [1.82, 2.24) is 10.3 Å². The molecule has 0 atom stereocenters. The number of carboxylic acid groups (broad SMARTS) is 1. The maximum atomic E-state index is 12.8. The number of nitrogens with one attached hydrogen (secondary N) is 1. The smallest absolute Gasteiger partial charge is 0.347 e. The maximum Gasteiger partial charge on any atom is 0.347 e. The van der Waals surface area contributed by atoms with Gasteiger partial charge in [0.1, 0.15) is 15.6 Å². The Morgan fingerprint density at radius 3 is 2.36 bits per heavy atom. The minimum absolute atomic E-state index is 0.167. The predicted molar refractivity (Wildman–Crippen MR) is 131 cm³/mol. The fraction of sp³-hybridized carbons (Fsp3) is 0.346. The molecule has 0 aliphatic rings. The fourth-order valence-electron chi connectivity index (χ4n) is 3.26. The third kappa shape index (κ3) is 5.79. The average molecular weight is 467 g/mol. The molecule has 174 valence electrons. The number of amides is 1. The number of ether oxygens (including phenoxy) is 1. The van der Waals surface area contributed by atoms with E-state index < -0.39 is 11.6 Å². The van der Waals surface area contributed by atoms with Crippen molar-refractivity contribution in [3.63, 3.8) is 0 Å². The first kappa shape index (κ1) is 24.5. The van der Waals surface area contributed by atoms with Gasteiger partial charge in [0.05, 0.1) is 5.69 Å². The number of thiazole rings is 1. The zero-order valence-electron chi connectivity index (χ0n) is 19.9. The summed E-state index contributed by atoms with van der Waals surface area (Å²) >= 11 is 1.39. The normalized spacial score (nSPS) is 11.5. The Labute approximate surface area is 198 Å². The fourth-order valence-corrected chi connectivity index (χ4v) is 4.25. The van der Waals surface area contributed by atoms with E-state index in [1.807, 2.05) is 38.1 Å². The lowest BCUT2D eigenvalue weighted by atomic mass is 10.0. The van der Waals surface area contributed by atoms with E-state index >= 15 is 0 Å². The molecule has 3 aromatic rings. The van der Waals surface area contributed by atoms with Gasteiger partial charge in [-0.3, -0.25) is 4.79 Å². The number of benzene rings is 2. The molecule has 0 spiro atoms. The summed E-state index contributed by atoms with van der Waals surface area (Å²) in [6, 6.07) is 13.7. The minimum atomic E-state index is -1.32. The Hall–Kier alpha value is -3.19. The van der Waals surface area contributed by atoms with Gasteiger partial charge in [-0.15, -0.1) is 11.3 Å². The van der Waals surface area contributed by atoms with Crippen molar-refractivity contribution < 1.29 is 19.4 Å². The van der Waals surface area contributed by atoms with Gasteiger partial charge in [0.25, 0.3) is 5.91 Å². The van der Waals surface area contributed by atoms with Gasteiger partial charge in [0.15, 0.2) is 5.60 Å². The quantitative estimate of drug-likeness (QED) is 0.443. The molecular weight excluding hydrogens is 436 g/mol. The number of carboxylic acids is 1. The van der Waals surface area contributed by atoms with Crippen molar-refractivity contribution in [3.8, 4) is 16.3 Å². The van der Waals surface area contributed by atoms with Crippen molar-refractivity contribution in [2.45, 2.75) is 59.6 Å². The van der Waals surface area contributed by atoms with Crippen LogP contribution in [0.1, 0.15) is 65.7 Å². The molecule has 7 heteroatoms. The van der Waals surface area contributed by atoms with Crippen LogP contribution >= 0.6 is 11.3 Å². The van der Waals surface area contributed by atoms with Crippen molar-refractivity contribution >= 4 is 23.2 Å². The number of rotatable bonds is 8. The SMILES string of the molecule is Cc1cc(CNC(=O)c2sc(-c3ccc(C(C)C)cc3)nc2C)ccc1OC(C)(C)C(=O)O. The van der Waals surface area contributed by atoms with Gasteiger partial charge in [0.2, 0.25) is 0 Å². The second-order valence-electron chi connectivity index (χ2n) is 8.91. The van der Waals surface area contributed by atoms with Crippen LogP contribution in [0.25, 0.3) is 10.6 Å². The lowest BCUT2D eigenvalue weighted by Gasteiger charge is -2.23. The van der Waals surface area contributed by atoms with Crippen LogP contribution in [0, 0.1) is 13.8 Å². The van der Waals surface area contributed by atoms with Gasteiger partial charge in [-0.25, -0.2) is 9.78 Å². The van der Waals surface area contributed by atoms with Crippen LogP contribution < -0.4 is 10.1 Å². The first-order valence-electron chi connectivity index (χ1n) is 10.9. The van der Waals surface area contributed by atoms with E-state index in [4.69, 9.17) is 4.74 Å². The summed E-state index contributed by atoms with van der Waals surface area (Å²) in [4.78, 5) is 29.3. The molecule has 0 saturated carbocycles. The molecule has 33 heavy (non-hydrogen) atoms. The van der Waals surface area contributed by atoms with Crippen molar-refractivity contribution in [3.05, 3.63) is 69.7 Å². The van der Waals surface area contributed by atoms with E-state index in [9.17, 15) is 14.7 Å². The molecule has 0 radical (unpaired) electrons. The number of nitrogens with zero attached hydrogens (tertiary/aromatic N) is 1. The van der Waals surface area contributed by atoms with Crippen molar-refractivity contribution in [2.24, 2.45) is 0 Å². The number of carbonyl (C=O) groups excluding carboxylic acids is 1. The molecule has 2 aromatic carbocycles. The van der Waals surface area contributed by atoms with Crippen LogP contribution in [-0.4, -0.2) is 27.6 Å². The van der Waals surface area contributed by atoms with E-state index in [1.165, 1.54) is 30.7 Å². The third-order valence-corrected chi connectivity index (χ3v) is 6.60. The van der Waals surface area contributed by atoms with Gasteiger partial charge in [-0.1, -0.05) is 50.2 Å². The topological polar surface area (TPSA) is 88.5 Å². The molecule has 0 unspecified atom stereocenters. The lowest BCUT2D eigenvalue weighted by molar-refractivity contribution is -0.152. The molecule has 0 aliphatic heterocycles. The maximum absolute atomic E-state index is 12.8. The van der Waals surface area contributed by atoms with E-state index in [2.05, 4.69) is 36.3 Å². The molecule has 1 amide bonds. The summed E-state index contributed by atoms with van der Waals surface area (Å²) in [7, 11) is 0. The molecule has 0 fully saturated rings. The largest absolute Gasteiger partial charge is 0.478 e. The van der Waals surface area contributed by atoms with Crippen LogP contribution in [-0.2, 0) is 11.3 Å². The molecule has 2 N–H and O–H groups in total. The van der Waals surface area contributed by atoms with Crippen LogP contribution in [0.5, 0.6) is 5.75 Å². The number of carbonyl (C=O) groups is 2. The Morgan fingerprint density at radius 2 is 1.79 bits per heavy atom. The highest BCUT2D eigenvalue weighted by Gasteiger charge is 2.29. The van der Waals surface area contributed by atoms with E-state index in [1.54, 1.807) is 6.07 Å². The molecule has 0 bridgehead atoms. The molecule has 3 rings (SSSR count). The minimum Gasteiger partial charge on any atom is -0.478 e. The van der Waals surface area contributed by atoms with E-state index in [-0.39, 0.29) is 5.91 Å². The highest BCUT2D eigenvalue weighted by atomic mass is 32.1. The summed E-state index contributed by atoms with van der Waals surface area (Å²) < 4.78 is 5.63. The number of aromatic nitrogens is 1. The van der Waals surface area contributed by atoms with Crippen molar-refractivity contribution in [1.29, 1.82) is 0 Å². The number of aliphatic carboxylic acids is 1. The van der Waals surface area contributed by atoms with Gasteiger partial charge in [-0.2, -0.15) is 0 Å². The summed E-state index contributed by atoms with van der Waals surface area (Å²) in [5, 5.41) is 13.0.